The first-order chi connectivity index (χ1) is 10.2. The molecule has 5 heteroatoms. The van der Waals surface area contributed by atoms with Crippen molar-refractivity contribution in [1.29, 1.82) is 0 Å². The van der Waals surface area contributed by atoms with Crippen molar-refractivity contribution in [3.63, 3.8) is 0 Å². The van der Waals surface area contributed by atoms with Crippen LogP contribution in [-0.2, 0) is 6.54 Å². The summed E-state index contributed by atoms with van der Waals surface area (Å²) in [7, 11) is 0. The van der Waals surface area contributed by atoms with E-state index in [4.69, 9.17) is 0 Å². The second kappa shape index (κ2) is 5.85. The molecule has 0 aliphatic heterocycles. The molecule has 2 aromatic heterocycles. The zero-order valence-corrected chi connectivity index (χ0v) is 11.2. The van der Waals surface area contributed by atoms with Crippen LogP contribution >= 0.6 is 0 Å². The molecule has 0 aliphatic carbocycles. The predicted molar refractivity (Wildman–Crippen MR) is 76.8 cm³/mol. The largest absolute Gasteiger partial charge is 0.387 e. The molecule has 0 aliphatic rings. The van der Waals surface area contributed by atoms with E-state index >= 15 is 0 Å². The molecule has 1 unspecified atom stereocenters. The molecule has 0 saturated heterocycles. The summed E-state index contributed by atoms with van der Waals surface area (Å²) < 4.78 is 14.8. The summed E-state index contributed by atoms with van der Waals surface area (Å²) in [5.41, 5.74) is 1.55. The van der Waals surface area contributed by atoms with E-state index in [0.717, 1.165) is 11.4 Å². The quantitative estimate of drug-likeness (QED) is 0.801. The molecule has 0 saturated carbocycles. The molecule has 0 fully saturated rings. The molecule has 1 N–H and O–H groups in total. The molecule has 1 atom stereocenters. The minimum Gasteiger partial charge on any atom is -0.387 e. The Labute approximate surface area is 121 Å². The highest BCUT2D eigenvalue weighted by Crippen LogP contribution is 2.20. The number of aromatic nitrogens is 3. The lowest BCUT2D eigenvalue weighted by atomic mass is 10.1. The fourth-order valence-corrected chi connectivity index (χ4v) is 2.19. The van der Waals surface area contributed by atoms with Gasteiger partial charge in [0.2, 0.25) is 0 Å². The summed E-state index contributed by atoms with van der Waals surface area (Å²) in [5.74, 6) is 0.425. The number of aliphatic hydroxyl groups is 1. The maximum absolute atomic E-state index is 12.9. The highest BCUT2D eigenvalue weighted by atomic mass is 19.1. The normalized spacial score (nSPS) is 12.3. The summed E-state index contributed by atoms with van der Waals surface area (Å²) in [6.07, 6.45) is 6.18. The molecule has 0 amide bonds. The Bertz CT molecular complexity index is 710. The van der Waals surface area contributed by atoms with Crippen molar-refractivity contribution in [3.05, 3.63) is 72.6 Å². The summed E-state index contributed by atoms with van der Waals surface area (Å²) in [4.78, 5) is 8.37. The van der Waals surface area contributed by atoms with Gasteiger partial charge in [-0.25, -0.2) is 9.37 Å². The Morgan fingerprint density at radius 1 is 1.14 bits per heavy atom. The van der Waals surface area contributed by atoms with Crippen LogP contribution in [0.15, 0.2) is 61.2 Å². The van der Waals surface area contributed by atoms with Crippen molar-refractivity contribution >= 4 is 0 Å². The highest BCUT2D eigenvalue weighted by molar-refractivity contribution is 5.53. The number of benzene rings is 1. The Morgan fingerprint density at radius 3 is 2.67 bits per heavy atom. The summed E-state index contributed by atoms with van der Waals surface area (Å²) in [5, 5.41) is 10.3. The molecule has 3 rings (SSSR count). The Morgan fingerprint density at radius 2 is 1.95 bits per heavy atom. The number of rotatable bonds is 4. The smallest absolute Gasteiger partial charge is 0.141 e. The van der Waals surface area contributed by atoms with Crippen LogP contribution in [0.3, 0.4) is 0 Å². The third kappa shape index (κ3) is 2.98. The number of pyridine rings is 1. The second-order valence-electron chi connectivity index (χ2n) is 4.71. The molecule has 0 spiro atoms. The van der Waals surface area contributed by atoms with Crippen LogP contribution in [0.1, 0.15) is 11.7 Å². The molecule has 0 bridgehead atoms. The summed E-state index contributed by atoms with van der Waals surface area (Å²) in [6.45, 7) is 0.343. The van der Waals surface area contributed by atoms with Gasteiger partial charge in [-0.2, -0.15) is 0 Å². The van der Waals surface area contributed by atoms with E-state index in [0.29, 0.717) is 12.1 Å². The molecule has 106 valence electrons. The van der Waals surface area contributed by atoms with Gasteiger partial charge in [-0.05, 0) is 29.8 Å². The molecular weight excluding hydrogens is 269 g/mol. The fraction of sp³-hybridized carbons (Fsp3) is 0.125. The number of hydrogen-bond donors (Lipinski definition) is 1. The first kappa shape index (κ1) is 13.5. The Hall–Kier alpha value is -2.53. The third-order valence-electron chi connectivity index (χ3n) is 3.26. The van der Waals surface area contributed by atoms with Crippen molar-refractivity contribution in [2.75, 3.05) is 0 Å². The van der Waals surface area contributed by atoms with Gasteiger partial charge in [-0.15, -0.1) is 0 Å². The van der Waals surface area contributed by atoms with Gasteiger partial charge in [0.25, 0.3) is 0 Å². The van der Waals surface area contributed by atoms with Gasteiger partial charge in [-0.1, -0.05) is 12.1 Å². The van der Waals surface area contributed by atoms with E-state index in [2.05, 4.69) is 9.97 Å². The SMILES string of the molecule is OC(Cn1ccnc1-c1cccnc1)c1ccc(F)cc1. The number of halogens is 1. The Kier molecular flexibility index (Phi) is 3.75. The minimum atomic E-state index is -0.727. The second-order valence-corrected chi connectivity index (χ2v) is 4.71. The van der Waals surface area contributed by atoms with Crippen LogP contribution in [0.2, 0.25) is 0 Å². The highest BCUT2D eigenvalue weighted by Gasteiger charge is 2.12. The van der Waals surface area contributed by atoms with Gasteiger partial charge in [0.05, 0.1) is 12.6 Å². The average molecular weight is 283 g/mol. The maximum Gasteiger partial charge on any atom is 0.141 e. The molecule has 0 radical (unpaired) electrons. The molecule has 3 aromatic rings. The lowest BCUT2D eigenvalue weighted by Crippen LogP contribution is -2.09. The van der Waals surface area contributed by atoms with Crippen LogP contribution in [-0.4, -0.2) is 19.6 Å². The van der Waals surface area contributed by atoms with Crippen LogP contribution in [0.5, 0.6) is 0 Å². The van der Waals surface area contributed by atoms with E-state index in [1.807, 2.05) is 16.7 Å². The molecule has 1 aromatic carbocycles. The van der Waals surface area contributed by atoms with Gasteiger partial charge in [0, 0.05) is 30.4 Å². The maximum atomic E-state index is 12.9. The van der Waals surface area contributed by atoms with Crippen LogP contribution in [0.4, 0.5) is 4.39 Å². The lowest BCUT2D eigenvalue weighted by molar-refractivity contribution is 0.157. The van der Waals surface area contributed by atoms with Gasteiger partial charge in [-0.3, -0.25) is 4.98 Å². The number of nitrogens with zero attached hydrogens (tertiary/aromatic N) is 3. The Balaban J connectivity index is 1.83. The number of aliphatic hydroxyl groups excluding tert-OH is 1. The molecular formula is C16H14FN3O. The van der Waals surface area contributed by atoms with Gasteiger partial charge >= 0.3 is 0 Å². The zero-order chi connectivity index (χ0) is 14.7. The van der Waals surface area contributed by atoms with Crippen molar-refractivity contribution in [3.8, 4) is 11.4 Å². The van der Waals surface area contributed by atoms with Crippen LogP contribution < -0.4 is 0 Å². The predicted octanol–water partition coefficient (Wildman–Crippen LogP) is 2.82. The number of imidazole rings is 1. The average Bonchev–Trinajstić information content (AvgIpc) is 2.97. The fourth-order valence-electron chi connectivity index (χ4n) is 2.19. The summed E-state index contributed by atoms with van der Waals surface area (Å²) >= 11 is 0. The first-order valence-electron chi connectivity index (χ1n) is 6.59. The standard InChI is InChI=1S/C16H14FN3O/c17-14-5-3-12(4-6-14)15(21)11-20-9-8-19-16(20)13-2-1-7-18-10-13/h1-10,15,21H,11H2. The molecule has 2 heterocycles. The minimum absolute atomic E-state index is 0.315. The topological polar surface area (TPSA) is 50.9 Å². The van der Waals surface area contributed by atoms with Crippen molar-refractivity contribution in [1.82, 2.24) is 14.5 Å². The van der Waals surface area contributed by atoms with E-state index in [1.54, 1.807) is 36.9 Å². The van der Waals surface area contributed by atoms with Crippen molar-refractivity contribution < 1.29 is 9.50 Å². The van der Waals surface area contributed by atoms with Crippen LogP contribution in [0.25, 0.3) is 11.4 Å². The van der Waals surface area contributed by atoms with Gasteiger partial charge < -0.3 is 9.67 Å². The third-order valence-corrected chi connectivity index (χ3v) is 3.26. The summed E-state index contributed by atoms with van der Waals surface area (Å²) in [6, 6.07) is 9.60. The zero-order valence-electron chi connectivity index (χ0n) is 11.2. The van der Waals surface area contributed by atoms with E-state index in [1.165, 1.54) is 12.1 Å². The van der Waals surface area contributed by atoms with E-state index in [-0.39, 0.29) is 5.82 Å². The van der Waals surface area contributed by atoms with E-state index in [9.17, 15) is 9.50 Å². The monoisotopic (exact) mass is 283 g/mol. The first-order valence-corrected chi connectivity index (χ1v) is 6.59. The van der Waals surface area contributed by atoms with E-state index < -0.39 is 6.10 Å². The number of hydrogen-bond acceptors (Lipinski definition) is 3. The molecule has 21 heavy (non-hydrogen) atoms. The van der Waals surface area contributed by atoms with Gasteiger partial charge in [0.1, 0.15) is 11.6 Å². The molecule has 4 nitrogen and oxygen atoms in total. The van der Waals surface area contributed by atoms with Crippen LogP contribution in [0, 0.1) is 5.82 Å². The van der Waals surface area contributed by atoms with Crippen molar-refractivity contribution in [2.45, 2.75) is 12.6 Å². The van der Waals surface area contributed by atoms with Crippen molar-refractivity contribution in [2.24, 2.45) is 0 Å². The van der Waals surface area contributed by atoms with Gasteiger partial charge in [0.15, 0.2) is 0 Å². The lowest BCUT2D eigenvalue weighted by Gasteiger charge is -2.14.